The lowest BCUT2D eigenvalue weighted by atomic mass is 9.95. The Labute approximate surface area is 62.6 Å². The van der Waals surface area contributed by atoms with Crippen molar-refractivity contribution >= 4 is 5.97 Å². The van der Waals surface area contributed by atoms with Gasteiger partial charge < -0.3 is 14.9 Å². The largest absolute Gasteiger partial charge is 0.460 e. The van der Waals surface area contributed by atoms with E-state index in [1.807, 2.05) is 0 Å². The number of rotatable bonds is 0. The van der Waals surface area contributed by atoms with Gasteiger partial charge in [0.2, 0.25) is 5.67 Å². The van der Waals surface area contributed by atoms with Crippen LogP contribution in [0.3, 0.4) is 0 Å². The van der Waals surface area contributed by atoms with Gasteiger partial charge in [0.05, 0.1) is 0 Å². The van der Waals surface area contributed by atoms with Gasteiger partial charge in [-0.05, 0) is 6.92 Å². The average Bonchev–Trinajstić information content (AvgIpc) is 1.95. The van der Waals surface area contributed by atoms with Gasteiger partial charge >= 0.3 is 5.97 Å². The molecule has 1 aliphatic heterocycles. The monoisotopic (exact) mass is 164 g/mol. The molecule has 0 aromatic carbocycles. The quantitative estimate of drug-likeness (QED) is 0.450. The Morgan fingerprint density at radius 1 is 1.73 bits per heavy atom. The van der Waals surface area contributed by atoms with Crippen LogP contribution in [-0.4, -0.2) is 40.7 Å². The molecule has 1 fully saturated rings. The van der Waals surface area contributed by atoms with Crippen LogP contribution < -0.4 is 0 Å². The molecule has 0 unspecified atom stereocenters. The van der Waals surface area contributed by atoms with Crippen molar-refractivity contribution in [3.05, 3.63) is 0 Å². The minimum atomic E-state index is -2.49. The summed E-state index contributed by atoms with van der Waals surface area (Å²) in [5.74, 6) is -1.13. The number of halogens is 1. The van der Waals surface area contributed by atoms with E-state index in [-0.39, 0.29) is 6.61 Å². The maximum atomic E-state index is 13.0. The van der Waals surface area contributed by atoms with Crippen molar-refractivity contribution in [1.29, 1.82) is 0 Å². The minimum Gasteiger partial charge on any atom is -0.460 e. The van der Waals surface area contributed by atoms with Crippen LogP contribution in [0.2, 0.25) is 0 Å². The smallest absolute Gasteiger partial charge is 0.346 e. The number of aliphatic hydroxyl groups is 2. The zero-order valence-electron chi connectivity index (χ0n) is 5.95. The summed E-state index contributed by atoms with van der Waals surface area (Å²) >= 11 is 0. The average molecular weight is 164 g/mol. The molecule has 1 aliphatic rings. The molecule has 0 aliphatic carbocycles. The summed E-state index contributed by atoms with van der Waals surface area (Å²) < 4.78 is 17.3. The summed E-state index contributed by atoms with van der Waals surface area (Å²) in [4.78, 5) is 10.6. The second kappa shape index (κ2) is 2.42. The van der Waals surface area contributed by atoms with Crippen molar-refractivity contribution in [3.8, 4) is 0 Å². The number of aliphatic hydroxyl groups excluding tert-OH is 2. The van der Waals surface area contributed by atoms with Crippen LogP contribution in [0.5, 0.6) is 0 Å². The first-order valence-corrected chi connectivity index (χ1v) is 3.18. The molecule has 1 heterocycles. The van der Waals surface area contributed by atoms with E-state index in [4.69, 9.17) is 10.2 Å². The predicted octanol–water partition coefficient (Wildman–Crippen LogP) is -1.01. The van der Waals surface area contributed by atoms with Crippen molar-refractivity contribution in [2.24, 2.45) is 0 Å². The van der Waals surface area contributed by atoms with Gasteiger partial charge in [-0.3, -0.25) is 0 Å². The molecule has 0 aromatic rings. The van der Waals surface area contributed by atoms with Crippen LogP contribution in [0.15, 0.2) is 0 Å². The molecule has 1 rings (SSSR count). The van der Waals surface area contributed by atoms with Crippen LogP contribution in [0.1, 0.15) is 6.92 Å². The molecular formula is C6H9FO4. The Hall–Kier alpha value is -0.680. The molecule has 11 heavy (non-hydrogen) atoms. The number of carbonyl (C=O) groups is 1. The lowest BCUT2D eigenvalue weighted by Crippen LogP contribution is -2.56. The second-order valence-electron chi connectivity index (χ2n) is 2.69. The number of esters is 1. The summed E-state index contributed by atoms with van der Waals surface area (Å²) in [5, 5.41) is 17.8. The van der Waals surface area contributed by atoms with E-state index in [1.54, 1.807) is 0 Å². The molecule has 0 saturated carbocycles. The maximum Gasteiger partial charge on any atom is 0.346 e. The fraction of sp³-hybridized carbons (Fsp3) is 0.833. The minimum absolute atomic E-state index is 0.348. The fourth-order valence-electron chi connectivity index (χ4n) is 0.875. The first-order valence-electron chi connectivity index (χ1n) is 3.18. The molecule has 5 heteroatoms. The van der Waals surface area contributed by atoms with Crippen molar-refractivity contribution in [2.75, 3.05) is 6.61 Å². The van der Waals surface area contributed by atoms with E-state index in [0.717, 1.165) is 6.92 Å². The van der Waals surface area contributed by atoms with E-state index >= 15 is 0 Å². The zero-order chi connectivity index (χ0) is 8.65. The van der Waals surface area contributed by atoms with E-state index in [0.29, 0.717) is 0 Å². The van der Waals surface area contributed by atoms with Gasteiger partial charge in [-0.25, -0.2) is 9.18 Å². The lowest BCUT2D eigenvalue weighted by molar-refractivity contribution is -0.193. The first-order chi connectivity index (χ1) is 4.96. The summed E-state index contributed by atoms with van der Waals surface area (Å²) in [7, 11) is 0. The van der Waals surface area contributed by atoms with E-state index in [1.165, 1.54) is 0 Å². The molecule has 1 saturated heterocycles. The van der Waals surface area contributed by atoms with Gasteiger partial charge in [0.25, 0.3) is 0 Å². The number of cyclic esters (lactones) is 1. The number of alkyl halides is 1. The highest BCUT2D eigenvalue weighted by Crippen LogP contribution is 2.24. The Bertz CT molecular complexity index is 179. The predicted molar refractivity (Wildman–Crippen MR) is 32.5 cm³/mol. The molecule has 64 valence electrons. The molecule has 0 aromatic heterocycles. The number of hydrogen-bond acceptors (Lipinski definition) is 4. The molecule has 0 bridgehead atoms. The summed E-state index contributed by atoms with van der Waals surface area (Å²) in [6, 6.07) is 0. The summed E-state index contributed by atoms with van der Waals surface area (Å²) in [6.45, 7) is 0.530. The fourth-order valence-corrected chi connectivity index (χ4v) is 0.875. The van der Waals surface area contributed by atoms with Gasteiger partial charge in [-0.2, -0.15) is 0 Å². The van der Waals surface area contributed by atoms with E-state index in [9.17, 15) is 9.18 Å². The third kappa shape index (κ3) is 1.21. The van der Waals surface area contributed by atoms with Crippen LogP contribution in [0, 0.1) is 0 Å². The van der Waals surface area contributed by atoms with Crippen molar-refractivity contribution in [1.82, 2.24) is 0 Å². The molecule has 4 nitrogen and oxygen atoms in total. The molecular weight excluding hydrogens is 155 g/mol. The topological polar surface area (TPSA) is 66.8 Å². The van der Waals surface area contributed by atoms with Crippen LogP contribution in [-0.2, 0) is 9.53 Å². The highest BCUT2D eigenvalue weighted by molar-refractivity contribution is 5.80. The van der Waals surface area contributed by atoms with Crippen LogP contribution in [0.4, 0.5) is 4.39 Å². The third-order valence-corrected chi connectivity index (χ3v) is 1.70. The second-order valence-corrected chi connectivity index (χ2v) is 2.69. The number of ether oxygens (including phenoxy) is 1. The normalized spacial score (nSPS) is 45.3. The van der Waals surface area contributed by atoms with E-state index < -0.39 is 23.8 Å². The summed E-state index contributed by atoms with van der Waals surface area (Å²) in [5.41, 5.74) is -2.49. The highest BCUT2D eigenvalue weighted by Gasteiger charge is 2.50. The lowest BCUT2D eigenvalue weighted by Gasteiger charge is -2.32. The Kier molecular flexibility index (Phi) is 1.85. The van der Waals surface area contributed by atoms with Gasteiger partial charge in [-0.15, -0.1) is 0 Å². The van der Waals surface area contributed by atoms with E-state index in [2.05, 4.69) is 4.74 Å². The molecule has 0 spiro atoms. The Balaban J connectivity index is 2.80. The van der Waals surface area contributed by atoms with Gasteiger partial charge in [0.1, 0.15) is 18.8 Å². The van der Waals surface area contributed by atoms with Crippen molar-refractivity contribution < 1.29 is 24.1 Å². The maximum absolute atomic E-state index is 13.0. The molecule has 0 radical (unpaired) electrons. The Morgan fingerprint density at radius 3 is 2.73 bits per heavy atom. The number of carbonyl (C=O) groups excluding carboxylic acids is 1. The molecule has 0 amide bonds. The van der Waals surface area contributed by atoms with Gasteiger partial charge in [0.15, 0.2) is 0 Å². The van der Waals surface area contributed by atoms with Crippen molar-refractivity contribution in [2.45, 2.75) is 24.8 Å². The zero-order valence-corrected chi connectivity index (χ0v) is 5.95. The SMILES string of the molecule is C[C@]1(F)C(=O)OC[C@@H](O)[C@H]1O. The number of hydrogen-bond donors (Lipinski definition) is 2. The van der Waals surface area contributed by atoms with Crippen molar-refractivity contribution in [3.63, 3.8) is 0 Å². The van der Waals surface area contributed by atoms with Crippen LogP contribution in [0.25, 0.3) is 0 Å². The summed E-state index contributed by atoms with van der Waals surface area (Å²) in [6.07, 6.45) is -3.02. The molecule has 3 atom stereocenters. The molecule has 2 N–H and O–H groups in total. The third-order valence-electron chi connectivity index (χ3n) is 1.70. The van der Waals surface area contributed by atoms with Gasteiger partial charge in [0, 0.05) is 0 Å². The Morgan fingerprint density at radius 2 is 2.27 bits per heavy atom. The highest BCUT2D eigenvalue weighted by atomic mass is 19.1. The first kappa shape index (κ1) is 8.42. The van der Waals surface area contributed by atoms with Gasteiger partial charge in [-0.1, -0.05) is 0 Å². The standard InChI is InChI=1S/C6H9FO4/c1-6(7)4(9)3(8)2-11-5(6)10/h3-4,8-9H,2H2,1H3/t3-,4-,6-/m1/s1. The van der Waals surface area contributed by atoms with Crippen LogP contribution >= 0.6 is 0 Å².